The fraction of sp³-hybridized carbons (Fsp3) is 0.375. The number of hydrogen-bond donors (Lipinski definition) is 2. The van der Waals surface area contributed by atoms with Crippen molar-refractivity contribution in [1.82, 2.24) is 15.5 Å². The highest BCUT2D eigenvalue weighted by atomic mass is 35.5. The number of nitrogens with one attached hydrogen (secondary N) is 1. The number of fused-ring (bicyclic) bond motifs is 1. The second kappa shape index (κ2) is 8.08. The number of aromatic nitrogens is 2. The van der Waals surface area contributed by atoms with Gasteiger partial charge in [-0.05, 0) is 49.6 Å². The molecule has 0 saturated heterocycles. The Morgan fingerprint density at radius 3 is 2.77 bits per heavy atom. The van der Waals surface area contributed by atoms with Crippen LogP contribution in [-0.2, 0) is 16.8 Å². The standard InChI is InChI=1S/C24H20Cl2FN3O5/c25-12-1-4-18-14(5-12)17(31)7-19(34-18)21(32)28-24-9-23(10-24,11-24)22-30-29-20(35-22)8-33-13-2-3-15(26)16(27)6-13/h1-6,17,19,31H,7-11H2,(H,28,32)/t17-,19-,23?,24?/m1/s1. The quantitative estimate of drug-likeness (QED) is 0.500. The second-order valence-corrected chi connectivity index (χ2v) is 10.3. The Morgan fingerprint density at radius 1 is 1.20 bits per heavy atom. The van der Waals surface area contributed by atoms with Crippen molar-refractivity contribution in [3.8, 4) is 11.5 Å². The Labute approximate surface area is 209 Å². The van der Waals surface area contributed by atoms with Gasteiger partial charge in [0.05, 0.1) is 16.5 Å². The van der Waals surface area contributed by atoms with Crippen molar-refractivity contribution < 1.29 is 28.2 Å². The van der Waals surface area contributed by atoms with Gasteiger partial charge >= 0.3 is 0 Å². The molecular weight excluding hydrogens is 500 g/mol. The highest BCUT2D eigenvalue weighted by Gasteiger charge is 2.72. The molecule has 3 fully saturated rings. The maximum absolute atomic E-state index is 13.6. The van der Waals surface area contributed by atoms with Crippen molar-refractivity contribution >= 4 is 29.1 Å². The van der Waals surface area contributed by atoms with Gasteiger partial charge in [-0.3, -0.25) is 4.79 Å². The van der Waals surface area contributed by atoms with E-state index in [2.05, 4.69) is 15.5 Å². The monoisotopic (exact) mass is 519 g/mol. The van der Waals surface area contributed by atoms with Gasteiger partial charge in [0.15, 0.2) is 12.7 Å². The molecule has 2 heterocycles. The van der Waals surface area contributed by atoms with Gasteiger partial charge in [-0.1, -0.05) is 23.2 Å². The summed E-state index contributed by atoms with van der Waals surface area (Å²) in [6.07, 6.45) is 0.587. The molecule has 0 spiro atoms. The predicted octanol–water partition coefficient (Wildman–Crippen LogP) is 4.27. The molecule has 11 heteroatoms. The summed E-state index contributed by atoms with van der Waals surface area (Å²) in [5.41, 5.74) is -0.0119. The molecular formula is C24H20Cl2FN3O5. The van der Waals surface area contributed by atoms with E-state index >= 15 is 0 Å². The summed E-state index contributed by atoms with van der Waals surface area (Å²) in [7, 11) is 0. The molecule has 7 rings (SSSR count). The lowest BCUT2D eigenvalue weighted by Crippen LogP contribution is -2.77. The Bertz CT molecular complexity index is 1310. The van der Waals surface area contributed by atoms with Crippen LogP contribution in [0.15, 0.2) is 40.8 Å². The average molecular weight is 520 g/mol. The molecule has 3 aromatic rings. The lowest BCUT2D eigenvalue weighted by molar-refractivity contribution is -0.149. The van der Waals surface area contributed by atoms with Crippen LogP contribution in [0.25, 0.3) is 0 Å². The van der Waals surface area contributed by atoms with E-state index in [0.29, 0.717) is 47.2 Å². The van der Waals surface area contributed by atoms with E-state index in [0.717, 1.165) is 0 Å². The molecule has 2 N–H and O–H groups in total. The molecule has 1 amide bonds. The molecule has 2 atom stereocenters. The molecule has 3 aliphatic carbocycles. The third-order valence-corrected chi connectivity index (χ3v) is 7.46. The van der Waals surface area contributed by atoms with E-state index in [9.17, 15) is 14.3 Å². The predicted molar refractivity (Wildman–Crippen MR) is 122 cm³/mol. The topological polar surface area (TPSA) is 107 Å². The van der Waals surface area contributed by atoms with E-state index in [-0.39, 0.29) is 40.8 Å². The van der Waals surface area contributed by atoms with Gasteiger partial charge in [0, 0.05) is 28.6 Å². The normalized spacial score (nSPS) is 28.2. The molecule has 3 saturated carbocycles. The van der Waals surface area contributed by atoms with Gasteiger partial charge in [-0.2, -0.15) is 0 Å². The number of carbonyl (C=O) groups is 1. The first-order valence-electron chi connectivity index (χ1n) is 11.1. The highest BCUT2D eigenvalue weighted by molar-refractivity contribution is 6.31. The summed E-state index contributed by atoms with van der Waals surface area (Å²) in [4.78, 5) is 12.9. The Hall–Kier alpha value is -2.88. The van der Waals surface area contributed by atoms with Gasteiger partial charge in [0.2, 0.25) is 5.89 Å². The highest BCUT2D eigenvalue weighted by Crippen LogP contribution is 2.67. The number of hydrogen-bond acceptors (Lipinski definition) is 7. The number of benzene rings is 2. The number of carbonyl (C=O) groups excluding carboxylic acids is 1. The summed E-state index contributed by atoms with van der Waals surface area (Å²) in [6.45, 7) is 0.0000622. The number of aliphatic hydroxyl groups excluding tert-OH is 1. The molecule has 4 aliphatic rings. The molecule has 1 aliphatic heterocycles. The van der Waals surface area contributed by atoms with Crippen LogP contribution >= 0.6 is 23.2 Å². The van der Waals surface area contributed by atoms with Crippen molar-refractivity contribution in [2.75, 3.05) is 0 Å². The third-order valence-electron chi connectivity index (χ3n) is 6.92. The molecule has 35 heavy (non-hydrogen) atoms. The fourth-order valence-corrected chi connectivity index (χ4v) is 5.60. The maximum atomic E-state index is 13.6. The van der Waals surface area contributed by atoms with Crippen LogP contribution in [0.4, 0.5) is 4.39 Å². The SMILES string of the molecule is O=C(NC12CC(c3nnc(COc4ccc(Cl)c(F)c4)o3)(C1)C2)[C@H]1C[C@@H](O)c2cc(Cl)ccc2O1. The number of rotatable bonds is 6. The minimum atomic E-state index is -0.823. The van der Waals surface area contributed by atoms with Crippen molar-refractivity contribution in [2.45, 2.75) is 55.5 Å². The van der Waals surface area contributed by atoms with Gasteiger partial charge in [-0.25, -0.2) is 4.39 Å². The first kappa shape index (κ1) is 22.6. The zero-order chi connectivity index (χ0) is 24.4. The molecule has 182 valence electrons. The number of amides is 1. The lowest BCUT2D eigenvalue weighted by atomic mass is 9.39. The number of nitrogens with zero attached hydrogens (tertiary/aromatic N) is 2. The minimum absolute atomic E-state index is 0.0000622. The number of halogens is 3. The van der Waals surface area contributed by atoms with E-state index in [1.807, 2.05) is 0 Å². The Morgan fingerprint density at radius 2 is 2.00 bits per heavy atom. The van der Waals surface area contributed by atoms with Crippen LogP contribution in [0, 0.1) is 5.82 Å². The van der Waals surface area contributed by atoms with Crippen LogP contribution in [0.1, 0.15) is 49.1 Å². The Kier molecular flexibility index (Phi) is 5.21. The van der Waals surface area contributed by atoms with Crippen molar-refractivity contribution in [1.29, 1.82) is 0 Å². The summed E-state index contributed by atoms with van der Waals surface area (Å²) in [5.74, 6) is 0.723. The zero-order valence-corrected chi connectivity index (χ0v) is 19.8. The smallest absolute Gasteiger partial charge is 0.261 e. The van der Waals surface area contributed by atoms with Crippen molar-refractivity contribution in [2.24, 2.45) is 0 Å². The summed E-state index contributed by atoms with van der Waals surface area (Å²) >= 11 is 11.7. The van der Waals surface area contributed by atoms with E-state index < -0.39 is 18.0 Å². The van der Waals surface area contributed by atoms with Crippen LogP contribution in [-0.4, -0.2) is 32.9 Å². The first-order valence-corrected chi connectivity index (χ1v) is 11.9. The van der Waals surface area contributed by atoms with Crippen LogP contribution in [0.2, 0.25) is 10.0 Å². The van der Waals surface area contributed by atoms with E-state index in [1.165, 1.54) is 12.1 Å². The number of ether oxygens (including phenoxy) is 2. The largest absolute Gasteiger partial charge is 0.484 e. The van der Waals surface area contributed by atoms with E-state index in [1.54, 1.807) is 24.3 Å². The van der Waals surface area contributed by atoms with Crippen LogP contribution < -0.4 is 14.8 Å². The van der Waals surface area contributed by atoms with Crippen LogP contribution in [0.3, 0.4) is 0 Å². The molecule has 2 aromatic carbocycles. The summed E-state index contributed by atoms with van der Waals surface area (Å²) in [6, 6.07) is 9.13. The summed E-state index contributed by atoms with van der Waals surface area (Å²) in [5, 5.41) is 22.2. The molecule has 8 nitrogen and oxygen atoms in total. The van der Waals surface area contributed by atoms with Gasteiger partial charge in [0.25, 0.3) is 11.8 Å². The van der Waals surface area contributed by atoms with Gasteiger partial charge in [-0.15, -0.1) is 10.2 Å². The molecule has 0 radical (unpaired) electrons. The van der Waals surface area contributed by atoms with Gasteiger partial charge in [0.1, 0.15) is 17.3 Å². The first-order chi connectivity index (χ1) is 16.7. The number of aliphatic hydroxyl groups is 1. The van der Waals surface area contributed by atoms with Crippen molar-refractivity contribution in [3.63, 3.8) is 0 Å². The van der Waals surface area contributed by atoms with Crippen molar-refractivity contribution in [3.05, 3.63) is 69.6 Å². The molecule has 1 aromatic heterocycles. The third kappa shape index (κ3) is 3.91. The Balaban J connectivity index is 1.04. The minimum Gasteiger partial charge on any atom is -0.484 e. The zero-order valence-electron chi connectivity index (χ0n) is 18.3. The summed E-state index contributed by atoms with van der Waals surface area (Å²) < 4.78 is 30.7. The average Bonchev–Trinajstić information content (AvgIpc) is 3.25. The second-order valence-electron chi connectivity index (χ2n) is 9.49. The van der Waals surface area contributed by atoms with E-state index in [4.69, 9.17) is 37.1 Å². The molecule has 0 unspecified atom stereocenters. The molecule has 2 bridgehead atoms. The van der Waals surface area contributed by atoms with Crippen LogP contribution in [0.5, 0.6) is 11.5 Å². The lowest BCUT2D eigenvalue weighted by Gasteiger charge is -2.68. The van der Waals surface area contributed by atoms with Gasteiger partial charge < -0.3 is 24.3 Å². The maximum Gasteiger partial charge on any atom is 0.261 e. The fourth-order valence-electron chi connectivity index (χ4n) is 5.31.